The fraction of sp³-hybridized carbons (Fsp3) is 0.488. The van der Waals surface area contributed by atoms with E-state index in [2.05, 4.69) is 0 Å². The maximum Gasteiger partial charge on any atom is 0.375 e. The molecule has 16 heteroatoms. The molecule has 2 aliphatic carbocycles. The van der Waals surface area contributed by atoms with E-state index in [1.807, 2.05) is 0 Å². The maximum absolute atomic E-state index is 14.1. The van der Waals surface area contributed by atoms with Crippen molar-refractivity contribution < 1.29 is 76.3 Å². The van der Waals surface area contributed by atoms with Crippen LogP contribution in [0.2, 0.25) is 0 Å². The van der Waals surface area contributed by atoms with Crippen molar-refractivity contribution in [3.63, 3.8) is 0 Å². The Morgan fingerprint density at radius 1 is 0.644 bits per heavy atom. The molecule has 2 aliphatic rings. The third kappa shape index (κ3) is 13.2. The molecular formula is C43H52O16. The number of rotatable bonds is 11. The van der Waals surface area contributed by atoms with Crippen molar-refractivity contribution in [3.05, 3.63) is 75.8 Å². The maximum atomic E-state index is 14.1. The molecule has 3 rings (SSSR count). The van der Waals surface area contributed by atoms with Gasteiger partial charge in [-0.05, 0) is 54.5 Å². The second-order valence-corrected chi connectivity index (χ2v) is 14.7. The Morgan fingerprint density at radius 3 is 1.71 bits per heavy atom. The molecule has 0 N–H and O–H groups in total. The first-order valence-electron chi connectivity index (χ1n) is 18.8. The van der Waals surface area contributed by atoms with Crippen LogP contribution in [0.1, 0.15) is 94.6 Å². The number of carbonyl (C=O) groups is 8. The quantitative estimate of drug-likeness (QED) is 0.0908. The topological polar surface area (TPSA) is 210 Å². The number of fused-ring (bicyclic) bond motifs is 2. The van der Waals surface area contributed by atoms with Gasteiger partial charge < -0.3 is 37.9 Å². The van der Waals surface area contributed by atoms with Crippen molar-refractivity contribution in [1.29, 1.82) is 0 Å². The Hall–Kier alpha value is -6.06. The van der Waals surface area contributed by atoms with Crippen LogP contribution in [0.5, 0.6) is 0 Å². The monoisotopic (exact) mass is 824 g/mol. The summed E-state index contributed by atoms with van der Waals surface area (Å²) in [7, 11) is 0. The molecule has 1 aromatic rings. The van der Waals surface area contributed by atoms with Gasteiger partial charge in [0, 0.05) is 72.0 Å². The van der Waals surface area contributed by atoms with Gasteiger partial charge in [-0.3, -0.25) is 33.6 Å². The molecule has 0 saturated carbocycles. The van der Waals surface area contributed by atoms with Crippen LogP contribution in [-0.2, 0) is 76.3 Å². The van der Waals surface area contributed by atoms with Crippen molar-refractivity contribution in [2.45, 2.75) is 120 Å². The second-order valence-electron chi connectivity index (χ2n) is 14.7. The Morgan fingerprint density at radius 2 is 1.20 bits per heavy atom. The third-order valence-corrected chi connectivity index (χ3v) is 9.69. The van der Waals surface area contributed by atoms with E-state index in [1.54, 1.807) is 51.1 Å². The molecule has 2 bridgehead atoms. The van der Waals surface area contributed by atoms with Gasteiger partial charge in [-0.1, -0.05) is 44.2 Å². The lowest BCUT2D eigenvalue weighted by Crippen LogP contribution is -2.49. The summed E-state index contributed by atoms with van der Waals surface area (Å²) in [5, 5.41) is 0. The van der Waals surface area contributed by atoms with Crippen LogP contribution in [0.15, 0.2) is 70.2 Å². The zero-order valence-corrected chi connectivity index (χ0v) is 35.2. The van der Waals surface area contributed by atoms with E-state index in [4.69, 9.17) is 37.9 Å². The summed E-state index contributed by atoms with van der Waals surface area (Å²) in [6.45, 7) is 14.0. The number of ether oxygens (including phenoxy) is 8. The zero-order chi connectivity index (χ0) is 44.4. The number of hydrogen-bond acceptors (Lipinski definition) is 16. The van der Waals surface area contributed by atoms with Gasteiger partial charge in [-0.2, -0.15) is 0 Å². The Balaban J connectivity index is 2.57. The van der Waals surface area contributed by atoms with Gasteiger partial charge in [0.2, 0.25) is 5.76 Å². The predicted octanol–water partition coefficient (Wildman–Crippen LogP) is 5.32. The lowest BCUT2D eigenvalue weighted by molar-refractivity contribution is -0.157. The largest absolute Gasteiger partial charge is 0.461 e. The fourth-order valence-electron chi connectivity index (χ4n) is 7.30. The highest BCUT2D eigenvalue weighted by Crippen LogP contribution is 2.52. The summed E-state index contributed by atoms with van der Waals surface area (Å²) in [6, 6.07) is 8.40. The third-order valence-electron chi connectivity index (χ3n) is 9.69. The van der Waals surface area contributed by atoms with E-state index in [0.29, 0.717) is 16.7 Å². The summed E-state index contributed by atoms with van der Waals surface area (Å²) < 4.78 is 46.2. The highest BCUT2D eigenvalue weighted by atomic mass is 16.6. The lowest BCUT2D eigenvalue weighted by Gasteiger charge is -2.48. The molecule has 0 unspecified atom stereocenters. The van der Waals surface area contributed by atoms with E-state index in [9.17, 15) is 38.4 Å². The van der Waals surface area contributed by atoms with Gasteiger partial charge in [0.15, 0.2) is 11.9 Å². The molecule has 0 saturated heterocycles. The highest BCUT2D eigenvalue weighted by molar-refractivity contribution is 5.94. The number of carbonyl (C=O) groups excluding carboxylic acids is 8. The highest BCUT2D eigenvalue weighted by Gasteiger charge is 2.52. The summed E-state index contributed by atoms with van der Waals surface area (Å²) in [6.07, 6.45) is -4.49. The van der Waals surface area contributed by atoms with Gasteiger partial charge in [-0.15, -0.1) is 0 Å². The summed E-state index contributed by atoms with van der Waals surface area (Å²) in [4.78, 5) is 103. The average molecular weight is 825 g/mol. The second kappa shape index (κ2) is 20.6. The smallest absolute Gasteiger partial charge is 0.375 e. The number of benzene rings is 1. The molecule has 0 radical (unpaired) electrons. The van der Waals surface area contributed by atoms with Crippen LogP contribution in [0, 0.1) is 11.3 Å². The molecule has 0 heterocycles. The van der Waals surface area contributed by atoms with E-state index in [0.717, 1.165) is 41.5 Å². The standard InChI is InChI=1S/C43H52O16/c1-22-34(53-25(4)45)19-33-37(55-27(6)47)18-32(21-52-24(3)44)36(59-42(51)38(56-28(7)48)17-31-15-13-12-14-16-31)20-35(54-26(5)46)23(2)40(57-29(8)49)41(58-30(9)50)39(22)43(33,10)11/h12-18,33-37,41H,19-21H2,1-11H3/b32-18-,38-17-,40-23+/t33-,34-,35-,36-,37-,41+/m0/s1. The molecule has 6 atom stereocenters. The van der Waals surface area contributed by atoms with Gasteiger partial charge in [0.05, 0.1) is 0 Å². The van der Waals surface area contributed by atoms with E-state index >= 15 is 0 Å². The number of hydrogen-bond donors (Lipinski definition) is 0. The minimum absolute atomic E-state index is 0.0328. The van der Waals surface area contributed by atoms with Gasteiger partial charge in [-0.25, -0.2) is 4.79 Å². The molecular weight excluding hydrogens is 772 g/mol. The zero-order valence-electron chi connectivity index (χ0n) is 35.2. The predicted molar refractivity (Wildman–Crippen MR) is 207 cm³/mol. The summed E-state index contributed by atoms with van der Waals surface area (Å²) in [5.74, 6) is -8.29. The average Bonchev–Trinajstić information content (AvgIpc) is 3.10. The molecule has 0 aliphatic heterocycles. The molecule has 0 aromatic heterocycles. The molecule has 1 aromatic carbocycles. The van der Waals surface area contributed by atoms with E-state index in [1.165, 1.54) is 26.0 Å². The Kier molecular flexibility index (Phi) is 16.5. The van der Waals surface area contributed by atoms with Gasteiger partial charge in [0.25, 0.3) is 0 Å². The SMILES string of the molecule is CC(=O)OC/C1=C/[C@H](OC(C)=O)[C@@H]2C[C@H](OC(C)=O)C(C)=C([C@@H](OC(C)=O)/C(OC(C)=O)=C(/C)[C@@H](OC(C)=O)C[C@@H]1OC(=O)/C(=C/c1ccccc1)OC(C)=O)C2(C)C. The van der Waals surface area contributed by atoms with Crippen LogP contribution in [-0.4, -0.2) is 84.9 Å². The molecule has 0 fully saturated rings. The van der Waals surface area contributed by atoms with Crippen LogP contribution >= 0.6 is 0 Å². The van der Waals surface area contributed by atoms with Crippen LogP contribution in [0.3, 0.4) is 0 Å². The minimum Gasteiger partial charge on any atom is -0.461 e. The Bertz CT molecular complexity index is 1950. The van der Waals surface area contributed by atoms with Crippen LogP contribution in [0.4, 0.5) is 0 Å². The summed E-state index contributed by atoms with van der Waals surface area (Å²) in [5.41, 5.74) is 0.107. The molecule has 0 spiro atoms. The minimum atomic E-state index is -1.54. The molecule has 320 valence electrons. The lowest BCUT2D eigenvalue weighted by atomic mass is 9.60. The van der Waals surface area contributed by atoms with Gasteiger partial charge in [0.1, 0.15) is 31.0 Å². The van der Waals surface area contributed by atoms with Crippen molar-refractivity contribution in [3.8, 4) is 0 Å². The van der Waals surface area contributed by atoms with E-state index in [-0.39, 0.29) is 23.3 Å². The van der Waals surface area contributed by atoms with Crippen molar-refractivity contribution in [2.24, 2.45) is 11.3 Å². The molecule has 0 amide bonds. The fourth-order valence-corrected chi connectivity index (χ4v) is 7.30. The summed E-state index contributed by atoms with van der Waals surface area (Å²) >= 11 is 0. The normalized spacial score (nSPS) is 25.3. The van der Waals surface area contributed by atoms with Crippen LogP contribution in [0.25, 0.3) is 6.08 Å². The van der Waals surface area contributed by atoms with Crippen molar-refractivity contribution in [2.75, 3.05) is 6.61 Å². The van der Waals surface area contributed by atoms with Crippen molar-refractivity contribution in [1.82, 2.24) is 0 Å². The first-order valence-corrected chi connectivity index (χ1v) is 18.8. The van der Waals surface area contributed by atoms with Gasteiger partial charge >= 0.3 is 47.8 Å². The molecule has 16 nitrogen and oxygen atoms in total. The van der Waals surface area contributed by atoms with Crippen LogP contribution < -0.4 is 0 Å². The van der Waals surface area contributed by atoms with Crippen molar-refractivity contribution >= 4 is 53.8 Å². The first kappa shape index (κ1) is 47.3. The van der Waals surface area contributed by atoms with E-state index < -0.39 is 108 Å². The molecule has 59 heavy (non-hydrogen) atoms. The first-order chi connectivity index (χ1) is 27.5. The number of esters is 8. The Labute approximate surface area is 342 Å².